The SMILES string of the molecule is CCCC(C)C(NCC)C1CC(C)(C)OC1(C)C. The van der Waals surface area contributed by atoms with E-state index >= 15 is 0 Å². The van der Waals surface area contributed by atoms with Gasteiger partial charge in [-0.25, -0.2) is 0 Å². The van der Waals surface area contributed by atoms with Gasteiger partial charge in [-0.3, -0.25) is 0 Å². The highest BCUT2D eigenvalue weighted by atomic mass is 16.5. The normalized spacial score (nSPS) is 29.2. The number of hydrogen-bond acceptors (Lipinski definition) is 2. The van der Waals surface area contributed by atoms with Gasteiger partial charge in [-0.2, -0.15) is 0 Å². The molecule has 3 atom stereocenters. The highest BCUT2D eigenvalue weighted by Gasteiger charge is 2.49. The second kappa shape index (κ2) is 5.92. The monoisotopic (exact) mass is 255 g/mol. The minimum atomic E-state index is -0.0155. The van der Waals surface area contributed by atoms with Crippen LogP contribution in [0.2, 0.25) is 0 Å². The van der Waals surface area contributed by atoms with E-state index in [1.165, 1.54) is 12.8 Å². The quantitative estimate of drug-likeness (QED) is 0.774. The summed E-state index contributed by atoms with van der Waals surface area (Å²) in [6.45, 7) is 16.9. The Kier molecular flexibility index (Phi) is 5.25. The first-order valence-electron chi connectivity index (χ1n) is 7.67. The van der Waals surface area contributed by atoms with Crippen LogP contribution in [0, 0.1) is 11.8 Å². The first-order chi connectivity index (χ1) is 8.23. The molecule has 2 nitrogen and oxygen atoms in total. The van der Waals surface area contributed by atoms with Crippen molar-refractivity contribution in [2.75, 3.05) is 6.54 Å². The van der Waals surface area contributed by atoms with E-state index in [1.807, 2.05) is 0 Å². The van der Waals surface area contributed by atoms with E-state index < -0.39 is 0 Å². The van der Waals surface area contributed by atoms with Crippen molar-refractivity contribution in [3.8, 4) is 0 Å². The molecular weight excluding hydrogens is 222 g/mol. The third kappa shape index (κ3) is 3.71. The van der Waals surface area contributed by atoms with Crippen molar-refractivity contribution in [1.29, 1.82) is 0 Å². The van der Waals surface area contributed by atoms with Gasteiger partial charge in [-0.1, -0.05) is 27.2 Å². The Labute approximate surface area is 114 Å². The van der Waals surface area contributed by atoms with E-state index in [-0.39, 0.29) is 11.2 Å². The van der Waals surface area contributed by atoms with Gasteiger partial charge in [0.05, 0.1) is 11.2 Å². The zero-order valence-corrected chi connectivity index (χ0v) is 13.5. The van der Waals surface area contributed by atoms with Gasteiger partial charge in [0.2, 0.25) is 0 Å². The highest BCUT2D eigenvalue weighted by molar-refractivity contribution is 5.00. The lowest BCUT2D eigenvalue weighted by Crippen LogP contribution is -2.47. The predicted octanol–water partition coefficient (Wildman–Crippen LogP) is 3.99. The van der Waals surface area contributed by atoms with Crippen LogP contribution in [-0.2, 0) is 4.74 Å². The van der Waals surface area contributed by atoms with Crippen LogP contribution in [-0.4, -0.2) is 23.8 Å². The molecule has 0 aromatic heterocycles. The fourth-order valence-electron chi connectivity index (χ4n) is 3.77. The molecule has 2 heteroatoms. The number of ether oxygens (including phenoxy) is 1. The lowest BCUT2D eigenvalue weighted by Gasteiger charge is -2.37. The van der Waals surface area contributed by atoms with Crippen LogP contribution in [0.4, 0.5) is 0 Å². The Morgan fingerprint density at radius 2 is 1.83 bits per heavy atom. The molecule has 0 aliphatic carbocycles. The lowest BCUT2D eigenvalue weighted by molar-refractivity contribution is -0.0794. The number of hydrogen-bond donors (Lipinski definition) is 1. The third-order valence-corrected chi connectivity index (χ3v) is 4.37. The summed E-state index contributed by atoms with van der Waals surface area (Å²) in [6, 6.07) is 0.576. The predicted molar refractivity (Wildman–Crippen MR) is 78.9 cm³/mol. The minimum absolute atomic E-state index is 0.0155. The topological polar surface area (TPSA) is 21.3 Å². The minimum Gasteiger partial charge on any atom is -0.369 e. The smallest absolute Gasteiger partial charge is 0.0677 e. The average Bonchev–Trinajstić information content (AvgIpc) is 2.43. The van der Waals surface area contributed by atoms with Crippen LogP contribution in [0.5, 0.6) is 0 Å². The van der Waals surface area contributed by atoms with E-state index in [0.29, 0.717) is 12.0 Å². The maximum atomic E-state index is 6.26. The van der Waals surface area contributed by atoms with Crippen LogP contribution < -0.4 is 5.32 Å². The molecule has 0 radical (unpaired) electrons. The second-order valence-electron chi connectivity index (χ2n) is 7.13. The summed E-state index contributed by atoms with van der Waals surface area (Å²) >= 11 is 0. The standard InChI is InChI=1S/C16H33NO/c1-8-10-12(3)14(17-9-2)13-11-15(4,5)18-16(13,6)7/h12-14,17H,8-11H2,1-7H3. The molecule has 0 aromatic rings. The number of rotatable bonds is 6. The molecule has 3 unspecified atom stereocenters. The lowest BCUT2D eigenvalue weighted by atomic mass is 9.76. The first kappa shape index (κ1) is 16.0. The fourth-order valence-corrected chi connectivity index (χ4v) is 3.77. The van der Waals surface area contributed by atoms with Crippen molar-refractivity contribution in [2.24, 2.45) is 11.8 Å². The van der Waals surface area contributed by atoms with Crippen molar-refractivity contribution >= 4 is 0 Å². The van der Waals surface area contributed by atoms with E-state index in [0.717, 1.165) is 18.9 Å². The van der Waals surface area contributed by atoms with Crippen molar-refractivity contribution in [3.63, 3.8) is 0 Å². The van der Waals surface area contributed by atoms with Gasteiger partial charge in [-0.15, -0.1) is 0 Å². The fraction of sp³-hybridized carbons (Fsp3) is 1.00. The van der Waals surface area contributed by atoms with Gasteiger partial charge >= 0.3 is 0 Å². The third-order valence-electron chi connectivity index (χ3n) is 4.37. The zero-order valence-electron chi connectivity index (χ0n) is 13.5. The van der Waals surface area contributed by atoms with Crippen LogP contribution in [0.3, 0.4) is 0 Å². The summed E-state index contributed by atoms with van der Waals surface area (Å²) in [5.74, 6) is 1.32. The summed E-state index contributed by atoms with van der Waals surface area (Å²) in [5.41, 5.74) is 0.00606. The van der Waals surface area contributed by atoms with Crippen LogP contribution in [0.1, 0.15) is 67.7 Å². The molecule has 0 aromatic carbocycles. The average molecular weight is 255 g/mol. The largest absolute Gasteiger partial charge is 0.369 e. The van der Waals surface area contributed by atoms with Crippen molar-refractivity contribution in [2.45, 2.75) is 85.0 Å². The van der Waals surface area contributed by atoms with Gasteiger partial charge in [0, 0.05) is 12.0 Å². The van der Waals surface area contributed by atoms with E-state index in [2.05, 4.69) is 53.8 Å². The van der Waals surface area contributed by atoms with Gasteiger partial charge in [0.1, 0.15) is 0 Å². The Morgan fingerprint density at radius 3 is 2.22 bits per heavy atom. The molecule has 0 amide bonds. The second-order valence-corrected chi connectivity index (χ2v) is 7.13. The van der Waals surface area contributed by atoms with Gasteiger partial charge in [0.25, 0.3) is 0 Å². The molecule has 18 heavy (non-hydrogen) atoms. The van der Waals surface area contributed by atoms with Gasteiger partial charge < -0.3 is 10.1 Å². The van der Waals surface area contributed by atoms with Crippen LogP contribution in [0.15, 0.2) is 0 Å². The summed E-state index contributed by atoms with van der Waals surface area (Å²) in [5, 5.41) is 3.72. The molecule has 0 saturated carbocycles. The molecular formula is C16H33NO. The summed E-state index contributed by atoms with van der Waals surface area (Å²) in [6.07, 6.45) is 3.72. The maximum Gasteiger partial charge on any atom is 0.0677 e. The van der Waals surface area contributed by atoms with Crippen molar-refractivity contribution in [3.05, 3.63) is 0 Å². The highest BCUT2D eigenvalue weighted by Crippen LogP contribution is 2.45. The van der Waals surface area contributed by atoms with E-state index in [9.17, 15) is 0 Å². The Morgan fingerprint density at radius 1 is 1.22 bits per heavy atom. The van der Waals surface area contributed by atoms with Gasteiger partial charge in [-0.05, 0) is 53.0 Å². The molecule has 0 spiro atoms. The van der Waals surface area contributed by atoms with Gasteiger partial charge in [0.15, 0.2) is 0 Å². The summed E-state index contributed by atoms with van der Waals surface area (Å²) in [7, 11) is 0. The Balaban J connectivity index is 2.85. The van der Waals surface area contributed by atoms with Crippen LogP contribution >= 0.6 is 0 Å². The molecule has 1 rings (SSSR count). The molecule has 1 heterocycles. The summed E-state index contributed by atoms with van der Waals surface area (Å²) < 4.78 is 6.26. The molecule has 1 N–H and O–H groups in total. The first-order valence-corrected chi connectivity index (χ1v) is 7.67. The van der Waals surface area contributed by atoms with E-state index in [4.69, 9.17) is 4.74 Å². The summed E-state index contributed by atoms with van der Waals surface area (Å²) in [4.78, 5) is 0. The molecule has 0 bridgehead atoms. The van der Waals surface area contributed by atoms with Crippen LogP contribution in [0.25, 0.3) is 0 Å². The zero-order chi connectivity index (χ0) is 14.0. The molecule has 1 saturated heterocycles. The maximum absolute atomic E-state index is 6.26. The van der Waals surface area contributed by atoms with E-state index in [1.54, 1.807) is 0 Å². The molecule has 108 valence electrons. The Bertz CT molecular complexity index is 260. The Hall–Kier alpha value is -0.0800. The van der Waals surface area contributed by atoms with Crippen molar-refractivity contribution in [1.82, 2.24) is 5.32 Å². The van der Waals surface area contributed by atoms with Crippen molar-refractivity contribution < 1.29 is 4.74 Å². The molecule has 1 aliphatic rings. The number of nitrogens with one attached hydrogen (secondary N) is 1. The molecule has 1 fully saturated rings. The molecule has 1 aliphatic heterocycles.